The van der Waals surface area contributed by atoms with Gasteiger partial charge in [0, 0.05) is 0 Å². The van der Waals surface area contributed by atoms with Crippen LogP contribution in [0.3, 0.4) is 0 Å². The summed E-state index contributed by atoms with van der Waals surface area (Å²) in [6.45, 7) is 6.43. The van der Waals surface area contributed by atoms with Gasteiger partial charge in [-0.15, -0.1) is 0 Å². The van der Waals surface area contributed by atoms with Gasteiger partial charge in [-0.3, -0.25) is 9.69 Å². The lowest BCUT2D eigenvalue weighted by atomic mass is 10.1. The quantitative estimate of drug-likeness (QED) is 0.890. The van der Waals surface area contributed by atoms with Crippen LogP contribution in [0.25, 0.3) is 0 Å². The molecule has 0 unspecified atom stereocenters. The summed E-state index contributed by atoms with van der Waals surface area (Å²) in [7, 11) is 1.93. The molecule has 22 heavy (non-hydrogen) atoms. The molecule has 1 heterocycles. The molecular formula is C18H24N2O2. The molecule has 0 aliphatic carbocycles. The number of likely N-dealkylation sites (N-methyl/N-ethyl adjacent to an activating group) is 1. The fourth-order valence-electron chi connectivity index (χ4n) is 2.31. The highest BCUT2D eigenvalue weighted by atomic mass is 16.3. The first-order chi connectivity index (χ1) is 10.5. The first-order valence-corrected chi connectivity index (χ1v) is 7.58. The summed E-state index contributed by atoms with van der Waals surface area (Å²) >= 11 is 0. The fourth-order valence-corrected chi connectivity index (χ4v) is 2.31. The minimum atomic E-state index is -0.225. The zero-order chi connectivity index (χ0) is 16.1. The Morgan fingerprint density at radius 3 is 2.45 bits per heavy atom. The Morgan fingerprint density at radius 2 is 1.86 bits per heavy atom. The molecule has 118 valence electrons. The average Bonchev–Trinajstić information content (AvgIpc) is 2.92. The minimum absolute atomic E-state index is 0.00425. The Kier molecular flexibility index (Phi) is 5.39. The molecule has 0 fully saturated rings. The minimum Gasteiger partial charge on any atom is -0.465 e. The second-order valence-corrected chi connectivity index (χ2v) is 5.74. The summed E-state index contributed by atoms with van der Waals surface area (Å²) < 4.78 is 5.56. The zero-order valence-electron chi connectivity index (χ0n) is 13.7. The van der Waals surface area contributed by atoms with Gasteiger partial charge in [0.1, 0.15) is 11.5 Å². The fraction of sp³-hybridized carbons (Fsp3) is 0.389. The largest absolute Gasteiger partial charge is 0.465 e. The Bertz CT molecular complexity index is 607. The van der Waals surface area contributed by atoms with Gasteiger partial charge in [0.15, 0.2) is 0 Å². The number of carbonyl (C=O) groups is 1. The van der Waals surface area contributed by atoms with Gasteiger partial charge >= 0.3 is 0 Å². The summed E-state index contributed by atoms with van der Waals surface area (Å²) in [5.74, 6) is 1.77. The predicted molar refractivity (Wildman–Crippen MR) is 87.4 cm³/mol. The van der Waals surface area contributed by atoms with Crippen molar-refractivity contribution in [2.24, 2.45) is 0 Å². The summed E-state index contributed by atoms with van der Waals surface area (Å²) in [5.41, 5.74) is 1.10. The number of carbonyl (C=O) groups excluding carboxylic acids is 1. The molecule has 2 atom stereocenters. The van der Waals surface area contributed by atoms with Gasteiger partial charge in [-0.1, -0.05) is 30.3 Å². The van der Waals surface area contributed by atoms with E-state index in [2.05, 4.69) is 5.32 Å². The summed E-state index contributed by atoms with van der Waals surface area (Å²) in [6.07, 6.45) is 0. The molecule has 0 aliphatic heterocycles. The van der Waals surface area contributed by atoms with Crippen molar-refractivity contribution >= 4 is 5.91 Å². The number of hydrogen-bond acceptors (Lipinski definition) is 3. The van der Waals surface area contributed by atoms with Gasteiger partial charge in [0.2, 0.25) is 5.91 Å². The number of rotatable bonds is 6. The van der Waals surface area contributed by atoms with Crippen LogP contribution in [0, 0.1) is 6.92 Å². The Balaban J connectivity index is 1.91. The Morgan fingerprint density at radius 1 is 1.18 bits per heavy atom. The smallest absolute Gasteiger partial charge is 0.237 e. The molecule has 0 saturated carbocycles. The van der Waals surface area contributed by atoms with Crippen molar-refractivity contribution in [3.63, 3.8) is 0 Å². The van der Waals surface area contributed by atoms with E-state index in [1.165, 1.54) is 0 Å². The maximum atomic E-state index is 12.4. The molecule has 0 aliphatic rings. The van der Waals surface area contributed by atoms with E-state index < -0.39 is 0 Å². The number of furan rings is 1. The van der Waals surface area contributed by atoms with Crippen LogP contribution in [0.1, 0.15) is 37.0 Å². The maximum absolute atomic E-state index is 12.4. The van der Waals surface area contributed by atoms with Gasteiger partial charge in [-0.05, 0) is 45.5 Å². The molecular weight excluding hydrogens is 276 g/mol. The third-order valence-corrected chi connectivity index (χ3v) is 3.90. The van der Waals surface area contributed by atoms with Crippen LogP contribution >= 0.6 is 0 Å². The SMILES string of the molecule is Cc1ccc(CN(C)[C@@H](C)C(=O)N[C@@H](C)c2ccccc2)o1. The van der Waals surface area contributed by atoms with Crippen LogP contribution in [0.15, 0.2) is 46.9 Å². The van der Waals surface area contributed by atoms with Crippen molar-refractivity contribution in [2.45, 2.75) is 39.4 Å². The number of aryl methyl sites for hydroxylation is 1. The van der Waals surface area contributed by atoms with E-state index in [1.807, 2.05) is 75.2 Å². The molecule has 0 radical (unpaired) electrons. The van der Waals surface area contributed by atoms with Gasteiger partial charge in [0.25, 0.3) is 0 Å². The maximum Gasteiger partial charge on any atom is 0.237 e. The lowest BCUT2D eigenvalue weighted by molar-refractivity contribution is -0.126. The third-order valence-electron chi connectivity index (χ3n) is 3.90. The highest BCUT2D eigenvalue weighted by Crippen LogP contribution is 2.13. The normalized spacial score (nSPS) is 13.9. The van der Waals surface area contributed by atoms with Gasteiger partial charge in [-0.2, -0.15) is 0 Å². The second kappa shape index (κ2) is 7.27. The number of nitrogens with zero attached hydrogens (tertiary/aromatic N) is 1. The standard InChI is InChI=1S/C18H24N2O2/c1-13-10-11-17(22-13)12-20(4)15(3)18(21)19-14(2)16-8-6-5-7-9-16/h5-11,14-15H,12H2,1-4H3,(H,19,21)/t14-,15-/m0/s1. The van der Waals surface area contributed by atoms with Crippen molar-refractivity contribution in [1.29, 1.82) is 0 Å². The van der Waals surface area contributed by atoms with Crippen molar-refractivity contribution in [3.8, 4) is 0 Å². The topological polar surface area (TPSA) is 45.5 Å². The highest BCUT2D eigenvalue weighted by Gasteiger charge is 2.20. The van der Waals surface area contributed by atoms with Crippen LogP contribution in [0.2, 0.25) is 0 Å². The van der Waals surface area contributed by atoms with Gasteiger partial charge in [-0.25, -0.2) is 0 Å². The molecule has 4 nitrogen and oxygen atoms in total. The van der Waals surface area contributed by atoms with Gasteiger partial charge in [0.05, 0.1) is 18.6 Å². The Hall–Kier alpha value is -2.07. The van der Waals surface area contributed by atoms with E-state index in [-0.39, 0.29) is 18.0 Å². The number of benzene rings is 1. The number of amides is 1. The van der Waals surface area contributed by atoms with Crippen molar-refractivity contribution in [3.05, 3.63) is 59.5 Å². The van der Waals surface area contributed by atoms with Crippen molar-refractivity contribution < 1.29 is 9.21 Å². The zero-order valence-corrected chi connectivity index (χ0v) is 13.7. The molecule has 0 saturated heterocycles. The van der Waals surface area contributed by atoms with E-state index in [1.54, 1.807) is 0 Å². The monoisotopic (exact) mass is 300 g/mol. The first kappa shape index (κ1) is 16.3. The molecule has 0 bridgehead atoms. The molecule has 1 N–H and O–H groups in total. The van der Waals surface area contributed by atoms with E-state index in [0.717, 1.165) is 17.1 Å². The van der Waals surface area contributed by atoms with Gasteiger partial charge < -0.3 is 9.73 Å². The molecule has 0 spiro atoms. The lowest BCUT2D eigenvalue weighted by Crippen LogP contribution is -2.43. The van der Waals surface area contributed by atoms with E-state index in [9.17, 15) is 4.79 Å². The molecule has 1 amide bonds. The third kappa shape index (κ3) is 4.21. The Labute approximate surface area is 132 Å². The molecule has 4 heteroatoms. The van der Waals surface area contributed by atoms with Crippen LogP contribution < -0.4 is 5.32 Å². The van der Waals surface area contributed by atoms with Crippen LogP contribution in [0.4, 0.5) is 0 Å². The van der Waals surface area contributed by atoms with Crippen molar-refractivity contribution in [2.75, 3.05) is 7.05 Å². The number of hydrogen-bond donors (Lipinski definition) is 1. The lowest BCUT2D eigenvalue weighted by Gasteiger charge is -2.25. The molecule has 2 rings (SSSR count). The summed E-state index contributed by atoms with van der Waals surface area (Å²) in [6, 6.07) is 13.6. The first-order valence-electron chi connectivity index (χ1n) is 7.58. The number of nitrogens with one attached hydrogen (secondary N) is 1. The molecule has 1 aromatic heterocycles. The predicted octanol–water partition coefficient (Wildman–Crippen LogP) is 3.29. The van der Waals surface area contributed by atoms with E-state index in [4.69, 9.17) is 4.42 Å². The van der Waals surface area contributed by atoms with Crippen LogP contribution in [-0.2, 0) is 11.3 Å². The van der Waals surface area contributed by atoms with Crippen molar-refractivity contribution in [1.82, 2.24) is 10.2 Å². The average molecular weight is 300 g/mol. The van der Waals surface area contributed by atoms with Crippen LogP contribution in [0.5, 0.6) is 0 Å². The second-order valence-electron chi connectivity index (χ2n) is 5.74. The summed E-state index contributed by atoms with van der Waals surface area (Å²) in [5, 5.41) is 3.06. The molecule has 2 aromatic rings. The van der Waals surface area contributed by atoms with E-state index >= 15 is 0 Å². The molecule has 1 aromatic carbocycles. The highest BCUT2D eigenvalue weighted by molar-refractivity contribution is 5.81. The van der Waals surface area contributed by atoms with E-state index in [0.29, 0.717) is 6.54 Å². The van der Waals surface area contributed by atoms with Crippen LogP contribution in [-0.4, -0.2) is 23.9 Å². The summed E-state index contributed by atoms with van der Waals surface area (Å²) in [4.78, 5) is 14.4.